The molecular formula is C17H16ClN3O. The molecule has 5 heteroatoms. The standard InChI is InChI=1S/C17H16ClN3O/c1-12-8-20-21(10-12)11-13-6-16(17(22-2)19-9-13)14-4-3-5-15(18)7-14/h3-10H,11H2,1-2H3. The third-order valence-electron chi connectivity index (χ3n) is 3.34. The Kier molecular flexibility index (Phi) is 4.11. The highest BCUT2D eigenvalue weighted by atomic mass is 35.5. The molecule has 0 saturated heterocycles. The van der Waals surface area contributed by atoms with Crippen molar-refractivity contribution in [3.8, 4) is 17.0 Å². The number of rotatable bonds is 4. The fraction of sp³-hybridized carbons (Fsp3) is 0.176. The van der Waals surface area contributed by atoms with Crippen LogP contribution in [-0.2, 0) is 6.54 Å². The summed E-state index contributed by atoms with van der Waals surface area (Å²) in [4.78, 5) is 4.40. The number of pyridine rings is 1. The molecule has 0 aliphatic carbocycles. The van der Waals surface area contributed by atoms with Crippen LogP contribution in [0.5, 0.6) is 5.88 Å². The van der Waals surface area contributed by atoms with E-state index in [9.17, 15) is 0 Å². The van der Waals surface area contributed by atoms with Gasteiger partial charge in [-0.05, 0) is 41.8 Å². The summed E-state index contributed by atoms with van der Waals surface area (Å²) in [5.74, 6) is 0.586. The molecule has 0 radical (unpaired) electrons. The van der Waals surface area contributed by atoms with E-state index in [4.69, 9.17) is 16.3 Å². The Balaban J connectivity index is 1.99. The fourth-order valence-electron chi connectivity index (χ4n) is 2.35. The van der Waals surface area contributed by atoms with Gasteiger partial charge in [-0.15, -0.1) is 0 Å². The molecule has 2 aromatic heterocycles. The molecule has 0 amide bonds. The van der Waals surface area contributed by atoms with Gasteiger partial charge in [-0.25, -0.2) is 4.98 Å². The van der Waals surface area contributed by atoms with E-state index in [2.05, 4.69) is 16.1 Å². The van der Waals surface area contributed by atoms with Crippen molar-refractivity contribution in [1.82, 2.24) is 14.8 Å². The first kappa shape index (κ1) is 14.6. The molecule has 0 unspecified atom stereocenters. The maximum absolute atomic E-state index is 6.09. The normalized spacial score (nSPS) is 10.7. The number of benzene rings is 1. The maximum Gasteiger partial charge on any atom is 0.221 e. The van der Waals surface area contributed by atoms with Crippen LogP contribution in [0.1, 0.15) is 11.1 Å². The topological polar surface area (TPSA) is 39.9 Å². The Morgan fingerprint density at radius 3 is 2.77 bits per heavy atom. The Hall–Kier alpha value is -2.33. The van der Waals surface area contributed by atoms with Crippen molar-refractivity contribution in [3.63, 3.8) is 0 Å². The smallest absolute Gasteiger partial charge is 0.221 e. The van der Waals surface area contributed by atoms with Gasteiger partial charge >= 0.3 is 0 Å². The Bertz CT molecular complexity index is 798. The van der Waals surface area contributed by atoms with Crippen molar-refractivity contribution in [2.45, 2.75) is 13.5 Å². The van der Waals surface area contributed by atoms with Gasteiger partial charge in [0.1, 0.15) is 0 Å². The Labute approximate surface area is 134 Å². The van der Waals surface area contributed by atoms with Gasteiger partial charge in [0, 0.05) is 23.0 Å². The minimum atomic E-state index is 0.586. The highest BCUT2D eigenvalue weighted by Crippen LogP contribution is 2.30. The summed E-state index contributed by atoms with van der Waals surface area (Å²) in [6, 6.07) is 9.73. The lowest BCUT2D eigenvalue weighted by molar-refractivity contribution is 0.399. The molecule has 3 rings (SSSR count). The largest absolute Gasteiger partial charge is 0.481 e. The zero-order chi connectivity index (χ0) is 15.5. The average molecular weight is 314 g/mol. The summed E-state index contributed by atoms with van der Waals surface area (Å²) in [5, 5.41) is 4.99. The van der Waals surface area contributed by atoms with Gasteiger partial charge in [0.05, 0.1) is 19.9 Å². The molecule has 0 fully saturated rings. The molecule has 0 N–H and O–H groups in total. The first-order valence-corrected chi connectivity index (χ1v) is 7.31. The zero-order valence-corrected chi connectivity index (χ0v) is 13.2. The zero-order valence-electron chi connectivity index (χ0n) is 12.5. The quantitative estimate of drug-likeness (QED) is 0.732. The maximum atomic E-state index is 6.09. The van der Waals surface area contributed by atoms with E-state index >= 15 is 0 Å². The van der Waals surface area contributed by atoms with E-state index < -0.39 is 0 Å². The first-order valence-electron chi connectivity index (χ1n) is 6.93. The number of aromatic nitrogens is 3. The van der Waals surface area contributed by atoms with Gasteiger partial charge in [-0.1, -0.05) is 23.7 Å². The molecular weight excluding hydrogens is 298 g/mol. The van der Waals surface area contributed by atoms with E-state index in [1.165, 1.54) is 0 Å². The minimum Gasteiger partial charge on any atom is -0.481 e. The number of hydrogen-bond donors (Lipinski definition) is 0. The van der Waals surface area contributed by atoms with Crippen LogP contribution in [0.2, 0.25) is 5.02 Å². The molecule has 3 aromatic rings. The molecule has 0 atom stereocenters. The third-order valence-corrected chi connectivity index (χ3v) is 3.58. The van der Waals surface area contributed by atoms with Crippen LogP contribution in [0.15, 0.2) is 48.9 Å². The van der Waals surface area contributed by atoms with Crippen molar-refractivity contribution in [2.24, 2.45) is 0 Å². The third kappa shape index (κ3) is 3.12. The van der Waals surface area contributed by atoms with Gasteiger partial charge in [0.25, 0.3) is 0 Å². The van der Waals surface area contributed by atoms with Crippen LogP contribution in [0, 0.1) is 6.92 Å². The number of halogens is 1. The lowest BCUT2D eigenvalue weighted by Gasteiger charge is -2.10. The average Bonchev–Trinajstić information content (AvgIpc) is 2.92. The van der Waals surface area contributed by atoms with Crippen molar-refractivity contribution in [1.29, 1.82) is 0 Å². The SMILES string of the molecule is COc1ncc(Cn2cc(C)cn2)cc1-c1cccc(Cl)c1. The predicted molar refractivity (Wildman–Crippen MR) is 87.3 cm³/mol. The first-order chi connectivity index (χ1) is 10.7. The van der Waals surface area contributed by atoms with E-state index in [1.54, 1.807) is 7.11 Å². The summed E-state index contributed by atoms with van der Waals surface area (Å²) in [6.07, 6.45) is 5.65. The van der Waals surface area contributed by atoms with Crippen molar-refractivity contribution >= 4 is 11.6 Å². The van der Waals surface area contributed by atoms with E-state index in [0.29, 0.717) is 17.4 Å². The molecule has 1 aromatic carbocycles. The molecule has 0 spiro atoms. The molecule has 4 nitrogen and oxygen atoms in total. The number of aryl methyl sites for hydroxylation is 1. The van der Waals surface area contributed by atoms with Gasteiger partial charge in [-0.3, -0.25) is 4.68 Å². The van der Waals surface area contributed by atoms with Crippen LogP contribution < -0.4 is 4.74 Å². The molecule has 22 heavy (non-hydrogen) atoms. The Morgan fingerprint density at radius 1 is 1.23 bits per heavy atom. The van der Waals surface area contributed by atoms with E-state index in [0.717, 1.165) is 22.3 Å². The van der Waals surface area contributed by atoms with Gasteiger partial charge in [0.15, 0.2) is 0 Å². The second-order valence-corrected chi connectivity index (χ2v) is 5.56. The van der Waals surface area contributed by atoms with Crippen LogP contribution in [0.4, 0.5) is 0 Å². The van der Waals surface area contributed by atoms with Crippen molar-refractivity contribution in [3.05, 3.63) is 65.1 Å². The molecule has 2 heterocycles. The van der Waals surface area contributed by atoms with Crippen LogP contribution in [-0.4, -0.2) is 21.9 Å². The molecule has 0 aliphatic heterocycles. The van der Waals surface area contributed by atoms with Gasteiger partial charge in [-0.2, -0.15) is 5.10 Å². The minimum absolute atomic E-state index is 0.586. The number of hydrogen-bond acceptors (Lipinski definition) is 3. The highest BCUT2D eigenvalue weighted by Gasteiger charge is 2.10. The van der Waals surface area contributed by atoms with Crippen molar-refractivity contribution in [2.75, 3.05) is 7.11 Å². The lowest BCUT2D eigenvalue weighted by atomic mass is 10.1. The lowest BCUT2D eigenvalue weighted by Crippen LogP contribution is -2.02. The monoisotopic (exact) mass is 313 g/mol. The predicted octanol–water partition coefficient (Wildman–Crippen LogP) is 3.96. The molecule has 0 bridgehead atoms. The summed E-state index contributed by atoms with van der Waals surface area (Å²) in [6.45, 7) is 2.69. The number of ether oxygens (including phenoxy) is 1. The summed E-state index contributed by atoms with van der Waals surface area (Å²) in [7, 11) is 1.62. The van der Waals surface area contributed by atoms with Gasteiger partial charge in [0.2, 0.25) is 5.88 Å². The fourth-order valence-corrected chi connectivity index (χ4v) is 2.54. The van der Waals surface area contributed by atoms with Crippen LogP contribution in [0.25, 0.3) is 11.1 Å². The highest BCUT2D eigenvalue weighted by molar-refractivity contribution is 6.30. The van der Waals surface area contributed by atoms with Crippen LogP contribution in [0.3, 0.4) is 0 Å². The summed E-state index contributed by atoms with van der Waals surface area (Å²) < 4.78 is 7.26. The van der Waals surface area contributed by atoms with Crippen LogP contribution >= 0.6 is 11.6 Å². The Morgan fingerprint density at radius 2 is 2.09 bits per heavy atom. The second-order valence-electron chi connectivity index (χ2n) is 5.13. The van der Waals surface area contributed by atoms with E-state index in [1.807, 2.05) is 54.5 Å². The molecule has 0 aliphatic rings. The second kappa shape index (κ2) is 6.20. The van der Waals surface area contributed by atoms with E-state index in [-0.39, 0.29) is 0 Å². The molecule has 112 valence electrons. The van der Waals surface area contributed by atoms with Gasteiger partial charge < -0.3 is 4.74 Å². The molecule has 0 saturated carbocycles. The summed E-state index contributed by atoms with van der Waals surface area (Å²) in [5.41, 5.74) is 4.09. The number of methoxy groups -OCH3 is 1. The summed E-state index contributed by atoms with van der Waals surface area (Å²) >= 11 is 6.09. The van der Waals surface area contributed by atoms with Crippen molar-refractivity contribution < 1.29 is 4.74 Å². The number of nitrogens with zero attached hydrogens (tertiary/aromatic N) is 3.